The fourth-order valence-electron chi connectivity index (χ4n) is 2.41. The molecule has 1 saturated heterocycles. The van der Waals surface area contributed by atoms with Gasteiger partial charge in [-0.05, 0) is 68.3 Å². The molecule has 2 rings (SSSR count). The van der Waals surface area contributed by atoms with E-state index in [2.05, 4.69) is 22.6 Å². The lowest BCUT2D eigenvalue weighted by molar-refractivity contribution is -0.159. The molecule has 1 aromatic carbocycles. The summed E-state index contributed by atoms with van der Waals surface area (Å²) in [5.41, 5.74) is 0.115. The van der Waals surface area contributed by atoms with Crippen LogP contribution in [-0.4, -0.2) is 35.0 Å². The maximum Gasteiger partial charge on any atom is 0.329 e. The zero-order chi connectivity index (χ0) is 15.6. The van der Waals surface area contributed by atoms with Crippen LogP contribution in [0.2, 0.25) is 0 Å². The van der Waals surface area contributed by atoms with Crippen molar-refractivity contribution in [2.75, 3.05) is 6.54 Å². The predicted octanol–water partition coefficient (Wildman–Crippen LogP) is 3.24. The number of esters is 1. The molecule has 4 nitrogen and oxygen atoms in total. The zero-order valence-electron chi connectivity index (χ0n) is 12.6. The van der Waals surface area contributed by atoms with Gasteiger partial charge in [0.25, 0.3) is 5.91 Å². The van der Waals surface area contributed by atoms with Crippen molar-refractivity contribution in [3.63, 3.8) is 0 Å². The summed E-state index contributed by atoms with van der Waals surface area (Å²) in [6.45, 7) is 6.12. The van der Waals surface area contributed by atoms with E-state index >= 15 is 0 Å². The van der Waals surface area contributed by atoms with E-state index < -0.39 is 11.6 Å². The topological polar surface area (TPSA) is 46.6 Å². The monoisotopic (exact) mass is 401 g/mol. The Morgan fingerprint density at radius 1 is 1.29 bits per heavy atom. The molecule has 0 aliphatic carbocycles. The third-order valence-corrected chi connectivity index (χ3v) is 4.24. The summed E-state index contributed by atoms with van der Waals surface area (Å²) in [5, 5.41) is 0. The van der Waals surface area contributed by atoms with Gasteiger partial charge < -0.3 is 9.64 Å². The highest BCUT2D eigenvalue weighted by molar-refractivity contribution is 14.1. The molecule has 0 spiro atoms. The van der Waals surface area contributed by atoms with E-state index in [0.717, 1.165) is 9.99 Å². The van der Waals surface area contributed by atoms with Crippen LogP contribution in [0.15, 0.2) is 24.3 Å². The third-order valence-electron chi connectivity index (χ3n) is 3.30. The number of carbonyl (C=O) groups excluding carboxylic acids is 2. The lowest BCUT2D eigenvalue weighted by Gasteiger charge is -2.27. The average Bonchev–Trinajstić information content (AvgIpc) is 2.85. The van der Waals surface area contributed by atoms with Crippen molar-refractivity contribution >= 4 is 34.5 Å². The second-order valence-corrected chi connectivity index (χ2v) is 7.33. The van der Waals surface area contributed by atoms with Crippen LogP contribution in [0.3, 0.4) is 0 Å². The normalized spacial score (nSPS) is 18.7. The van der Waals surface area contributed by atoms with Gasteiger partial charge in [0.05, 0.1) is 5.56 Å². The van der Waals surface area contributed by atoms with Crippen LogP contribution in [0.5, 0.6) is 0 Å². The van der Waals surface area contributed by atoms with Crippen molar-refractivity contribution < 1.29 is 14.3 Å². The van der Waals surface area contributed by atoms with Crippen molar-refractivity contribution in [3.05, 3.63) is 33.4 Å². The molecule has 1 fully saturated rings. The summed E-state index contributed by atoms with van der Waals surface area (Å²) in [7, 11) is 0. The molecule has 0 bridgehead atoms. The van der Waals surface area contributed by atoms with Gasteiger partial charge in [-0.25, -0.2) is 4.79 Å². The predicted molar refractivity (Wildman–Crippen MR) is 89.1 cm³/mol. The van der Waals surface area contributed by atoms with Crippen LogP contribution >= 0.6 is 22.6 Å². The van der Waals surface area contributed by atoms with E-state index in [1.165, 1.54) is 0 Å². The summed E-state index contributed by atoms with van der Waals surface area (Å²) < 4.78 is 6.33. The molecule has 1 aliphatic rings. The molecule has 0 aromatic heterocycles. The molecule has 5 heteroatoms. The van der Waals surface area contributed by atoms with Crippen LogP contribution in [0.25, 0.3) is 0 Å². The van der Waals surface area contributed by atoms with Gasteiger partial charge in [0.1, 0.15) is 11.6 Å². The Labute approximate surface area is 139 Å². The highest BCUT2D eigenvalue weighted by Crippen LogP contribution is 2.24. The number of likely N-dealkylation sites (tertiary alicyclic amines) is 1. The molecule has 0 saturated carbocycles. The lowest BCUT2D eigenvalue weighted by Crippen LogP contribution is -2.43. The average molecular weight is 401 g/mol. The van der Waals surface area contributed by atoms with Crippen LogP contribution in [0.1, 0.15) is 44.0 Å². The first-order valence-corrected chi connectivity index (χ1v) is 8.16. The van der Waals surface area contributed by atoms with E-state index in [1.54, 1.807) is 11.0 Å². The summed E-state index contributed by atoms with van der Waals surface area (Å²) in [4.78, 5) is 26.6. The number of ether oxygens (including phenoxy) is 1. The van der Waals surface area contributed by atoms with Gasteiger partial charge in [0.15, 0.2) is 0 Å². The molecule has 0 N–H and O–H groups in total. The first-order valence-electron chi connectivity index (χ1n) is 7.08. The molecule has 114 valence electrons. The van der Waals surface area contributed by atoms with Crippen LogP contribution in [0, 0.1) is 3.57 Å². The minimum Gasteiger partial charge on any atom is -0.458 e. The first-order chi connectivity index (χ1) is 9.79. The Bertz CT molecular complexity index is 551. The molecule has 1 amide bonds. The number of rotatable bonds is 2. The Morgan fingerprint density at radius 3 is 2.57 bits per heavy atom. The molecule has 1 aromatic rings. The number of halogens is 1. The van der Waals surface area contributed by atoms with Crippen LogP contribution in [0.4, 0.5) is 0 Å². The van der Waals surface area contributed by atoms with Crippen LogP contribution < -0.4 is 0 Å². The van der Waals surface area contributed by atoms with E-state index in [0.29, 0.717) is 18.5 Å². The summed E-state index contributed by atoms with van der Waals surface area (Å²) in [6, 6.07) is 6.97. The maximum atomic E-state index is 12.7. The Morgan fingerprint density at radius 2 is 1.95 bits per heavy atom. The molecule has 1 atom stereocenters. The minimum atomic E-state index is -0.532. The highest BCUT2D eigenvalue weighted by atomic mass is 127. The Hall–Kier alpha value is -1.11. The zero-order valence-corrected chi connectivity index (χ0v) is 14.7. The van der Waals surface area contributed by atoms with Crippen molar-refractivity contribution in [2.24, 2.45) is 0 Å². The van der Waals surface area contributed by atoms with Gasteiger partial charge in [-0.3, -0.25) is 4.79 Å². The molecular formula is C16H20INO3. The van der Waals surface area contributed by atoms with Crippen LogP contribution in [-0.2, 0) is 9.53 Å². The van der Waals surface area contributed by atoms with Gasteiger partial charge in [-0.2, -0.15) is 0 Å². The molecule has 21 heavy (non-hydrogen) atoms. The number of hydrogen-bond donors (Lipinski definition) is 0. The molecular weight excluding hydrogens is 381 g/mol. The highest BCUT2D eigenvalue weighted by Gasteiger charge is 2.37. The number of nitrogens with zero attached hydrogens (tertiary/aromatic N) is 1. The quantitative estimate of drug-likeness (QED) is 0.565. The molecule has 1 heterocycles. The van der Waals surface area contributed by atoms with E-state index in [-0.39, 0.29) is 11.9 Å². The maximum absolute atomic E-state index is 12.7. The number of amides is 1. The van der Waals surface area contributed by atoms with Gasteiger partial charge in [-0.1, -0.05) is 12.1 Å². The summed E-state index contributed by atoms with van der Waals surface area (Å²) >= 11 is 2.14. The van der Waals surface area contributed by atoms with Gasteiger partial charge in [0, 0.05) is 10.1 Å². The minimum absolute atomic E-state index is 0.0895. The number of benzene rings is 1. The fraction of sp³-hybridized carbons (Fsp3) is 0.500. The Balaban J connectivity index is 2.17. The van der Waals surface area contributed by atoms with E-state index in [4.69, 9.17) is 4.74 Å². The Kier molecular flexibility index (Phi) is 4.91. The van der Waals surface area contributed by atoms with E-state index in [1.807, 2.05) is 39.0 Å². The molecule has 0 unspecified atom stereocenters. The van der Waals surface area contributed by atoms with E-state index in [9.17, 15) is 9.59 Å². The third kappa shape index (κ3) is 3.96. The second-order valence-electron chi connectivity index (χ2n) is 6.17. The van der Waals surface area contributed by atoms with Gasteiger partial charge in [-0.15, -0.1) is 0 Å². The number of hydrogen-bond acceptors (Lipinski definition) is 3. The first kappa shape index (κ1) is 16.3. The summed E-state index contributed by atoms with van der Waals surface area (Å²) in [6.07, 6.45) is 1.50. The molecule has 1 aliphatic heterocycles. The lowest BCUT2D eigenvalue weighted by atomic mass is 10.1. The SMILES string of the molecule is CC(C)(C)OC(=O)[C@H]1CCCN1C(=O)c1ccccc1I. The second kappa shape index (κ2) is 6.34. The standard InChI is InChI=1S/C16H20INO3/c1-16(2,3)21-15(20)13-9-6-10-18(13)14(19)11-7-4-5-8-12(11)17/h4-5,7-8,13H,6,9-10H2,1-3H3/t13-/m1/s1. The van der Waals surface area contributed by atoms with Crippen molar-refractivity contribution in [3.8, 4) is 0 Å². The van der Waals surface area contributed by atoms with Crippen molar-refractivity contribution in [2.45, 2.75) is 45.3 Å². The van der Waals surface area contributed by atoms with Crippen molar-refractivity contribution in [1.82, 2.24) is 4.90 Å². The summed E-state index contributed by atoms with van der Waals surface area (Å²) in [5.74, 6) is -0.396. The number of carbonyl (C=O) groups is 2. The van der Waals surface area contributed by atoms with Gasteiger partial charge in [0.2, 0.25) is 0 Å². The van der Waals surface area contributed by atoms with Crippen molar-refractivity contribution in [1.29, 1.82) is 0 Å². The smallest absolute Gasteiger partial charge is 0.329 e. The fourth-order valence-corrected chi connectivity index (χ4v) is 3.03. The van der Waals surface area contributed by atoms with Gasteiger partial charge >= 0.3 is 5.97 Å². The largest absolute Gasteiger partial charge is 0.458 e. The molecule has 0 radical (unpaired) electrons.